The molecule has 1 aliphatic rings. The van der Waals surface area contributed by atoms with Gasteiger partial charge in [0.1, 0.15) is 5.75 Å². The van der Waals surface area contributed by atoms with Crippen LogP contribution in [-0.2, 0) is 5.60 Å². The van der Waals surface area contributed by atoms with Gasteiger partial charge in [0.05, 0.1) is 19.8 Å². The highest BCUT2D eigenvalue weighted by atomic mass is 32.1. The second kappa shape index (κ2) is 7.05. The lowest BCUT2D eigenvalue weighted by atomic mass is 9.79. The van der Waals surface area contributed by atoms with Gasteiger partial charge in [0.25, 0.3) is 0 Å². The van der Waals surface area contributed by atoms with Gasteiger partial charge < -0.3 is 14.2 Å². The standard InChI is InChI=1S/C23H20O3S/c1-24-18-13-14-19(25-2)22-21(18)20(27)15-23(26-22,16-9-5-3-6-10-16)17-11-7-4-8-12-17/h3-14H,15H2,1-2H3. The summed E-state index contributed by atoms with van der Waals surface area (Å²) >= 11 is 5.86. The molecule has 0 saturated carbocycles. The van der Waals surface area contributed by atoms with E-state index in [1.807, 2.05) is 48.5 Å². The van der Waals surface area contributed by atoms with Crippen molar-refractivity contribution in [3.8, 4) is 17.2 Å². The van der Waals surface area contributed by atoms with Crippen LogP contribution in [0, 0.1) is 0 Å². The number of fused-ring (bicyclic) bond motifs is 1. The maximum Gasteiger partial charge on any atom is 0.175 e. The average molecular weight is 376 g/mol. The number of benzene rings is 3. The van der Waals surface area contributed by atoms with Crippen LogP contribution >= 0.6 is 12.2 Å². The summed E-state index contributed by atoms with van der Waals surface area (Å²) in [5.74, 6) is 1.97. The lowest BCUT2D eigenvalue weighted by Gasteiger charge is -2.40. The van der Waals surface area contributed by atoms with Crippen molar-refractivity contribution in [3.05, 3.63) is 89.5 Å². The summed E-state index contributed by atoms with van der Waals surface area (Å²) < 4.78 is 17.9. The van der Waals surface area contributed by atoms with Crippen molar-refractivity contribution < 1.29 is 14.2 Å². The fourth-order valence-corrected chi connectivity index (χ4v) is 4.07. The molecule has 4 heteroatoms. The van der Waals surface area contributed by atoms with Crippen LogP contribution in [0.2, 0.25) is 0 Å². The number of ether oxygens (including phenoxy) is 3. The van der Waals surface area contributed by atoms with Crippen LogP contribution in [-0.4, -0.2) is 19.1 Å². The van der Waals surface area contributed by atoms with E-state index in [9.17, 15) is 0 Å². The van der Waals surface area contributed by atoms with Crippen LogP contribution in [0.1, 0.15) is 23.1 Å². The Balaban J connectivity index is 1.98. The Labute approximate surface area is 164 Å². The van der Waals surface area contributed by atoms with Crippen LogP contribution in [0.15, 0.2) is 72.8 Å². The molecule has 0 fully saturated rings. The summed E-state index contributed by atoms with van der Waals surface area (Å²) in [5.41, 5.74) is 2.18. The van der Waals surface area contributed by atoms with Gasteiger partial charge in [-0.3, -0.25) is 0 Å². The minimum absolute atomic E-state index is 0.548. The predicted molar refractivity (Wildman–Crippen MR) is 110 cm³/mol. The maximum absolute atomic E-state index is 6.73. The third-order valence-corrected chi connectivity index (χ3v) is 5.32. The molecule has 0 saturated heterocycles. The number of methoxy groups -OCH3 is 2. The molecule has 1 aliphatic heterocycles. The van der Waals surface area contributed by atoms with Gasteiger partial charge in [0.15, 0.2) is 17.1 Å². The summed E-state index contributed by atoms with van der Waals surface area (Å²) in [6.07, 6.45) is 0.548. The molecule has 27 heavy (non-hydrogen) atoms. The van der Waals surface area contributed by atoms with E-state index in [4.69, 9.17) is 26.4 Å². The van der Waals surface area contributed by atoms with E-state index < -0.39 is 5.60 Å². The van der Waals surface area contributed by atoms with Gasteiger partial charge in [0, 0.05) is 22.4 Å². The minimum atomic E-state index is -0.716. The highest BCUT2D eigenvalue weighted by Gasteiger charge is 2.44. The van der Waals surface area contributed by atoms with Gasteiger partial charge in [-0.05, 0) is 12.1 Å². The van der Waals surface area contributed by atoms with Crippen LogP contribution < -0.4 is 14.2 Å². The zero-order valence-corrected chi connectivity index (χ0v) is 16.1. The van der Waals surface area contributed by atoms with E-state index in [2.05, 4.69) is 24.3 Å². The van der Waals surface area contributed by atoms with Crippen molar-refractivity contribution in [2.24, 2.45) is 0 Å². The molecular weight excluding hydrogens is 356 g/mol. The first-order valence-electron chi connectivity index (χ1n) is 8.78. The predicted octanol–water partition coefficient (Wildman–Crippen LogP) is 5.15. The second-order valence-electron chi connectivity index (χ2n) is 6.44. The summed E-state index contributed by atoms with van der Waals surface area (Å²) in [6.45, 7) is 0. The van der Waals surface area contributed by atoms with Crippen molar-refractivity contribution in [1.82, 2.24) is 0 Å². The zero-order chi connectivity index (χ0) is 18.9. The summed E-state index contributed by atoms with van der Waals surface area (Å²) in [6, 6.07) is 24.1. The second-order valence-corrected chi connectivity index (χ2v) is 6.93. The molecule has 0 unspecified atom stereocenters. The molecule has 3 aromatic rings. The molecule has 0 amide bonds. The van der Waals surface area contributed by atoms with Gasteiger partial charge in [-0.1, -0.05) is 72.9 Å². The lowest BCUT2D eigenvalue weighted by Crippen LogP contribution is -2.40. The minimum Gasteiger partial charge on any atom is -0.496 e. The SMILES string of the molecule is COc1ccc(OC)c2c1OC(c1ccccc1)(c1ccccc1)CC2=S. The fraction of sp³-hybridized carbons (Fsp3) is 0.174. The molecular formula is C23H20O3S. The number of thiocarbonyl (C=S) groups is 1. The Morgan fingerprint density at radius 1 is 0.778 bits per heavy atom. The van der Waals surface area contributed by atoms with Gasteiger partial charge >= 0.3 is 0 Å². The van der Waals surface area contributed by atoms with E-state index in [0.29, 0.717) is 23.7 Å². The molecule has 0 N–H and O–H groups in total. The quantitative estimate of drug-likeness (QED) is 0.589. The fourth-order valence-electron chi connectivity index (χ4n) is 3.67. The number of hydrogen-bond acceptors (Lipinski definition) is 4. The highest BCUT2D eigenvalue weighted by Crippen LogP contribution is 2.50. The third kappa shape index (κ3) is 2.86. The van der Waals surface area contributed by atoms with E-state index in [1.165, 1.54) is 0 Å². The van der Waals surface area contributed by atoms with E-state index >= 15 is 0 Å². The van der Waals surface area contributed by atoms with Gasteiger partial charge in [-0.15, -0.1) is 0 Å². The highest BCUT2D eigenvalue weighted by molar-refractivity contribution is 7.80. The molecule has 3 aromatic carbocycles. The number of rotatable bonds is 4. The average Bonchev–Trinajstić information content (AvgIpc) is 2.74. The van der Waals surface area contributed by atoms with Crippen molar-refractivity contribution in [3.63, 3.8) is 0 Å². The summed E-state index contributed by atoms with van der Waals surface area (Å²) in [5, 5.41) is 0. The van der Waals surface area contributed by atoms with Gasteiger partial charge in [-0.2, -0.15) is 0 Å². The summed E-state index contributed by atoms with van der Waals surface area (Å²) in [4.78, 5) is 0.791. The Kier molecular flexibility index (Phi) is 4.58. The van der Waals surface area contributed by atoms with Crippen LogP contribution in [0.25, 0.3) is 0 Å². The van der Waals surface area contributed by atoms with Crippen molar-refractivity contribution in [2.75, 3.05) is 14.2 Å². The molecule has 0 bridgehead atoms. The Bertz CT molecular complexity index is 928. The smallest absolute Gasteiger partial charge is 0.175 e. The monoisotopic (exact) mass is 376 g/mol. The molecule has 3 nitrogen and oxygen atoms in total. The lowest BCUT2D eigenvalue weighted by molar-refractivity contribution is 0.107. The molecule has 0 atom stereocenters. The molecule has 0 radical (unpaired) electrons. The molecule has 0 spiro atoms. The number of hydrogen-bond donors (Lipinski definition) is 0. The van der Waals surface area contributed by atoms with Gasteiger partial charge in [0.2, 0.25) is 0 Å². The summed E-state index contributed by atoms with van der Waals surface area (Å²) in [7, 11) is 3.27. The maximum atomic E-state index is 6.73. The van der Waals surface area contributed by atoms with Crippen LogP contribution in [0.4, 0.5) is 0 Å². The molecule has 1 heterocycles. The van der Waals surface area contributed by atoms with Crippen LogP contribution in [0.3, 0.4) is 0 Å². The van der Waals surface area contributed by atoms with Crippen molar-refractivity contribution in [1.29, 1.82) is 0 Å². The molecule has 0 aliphatic carbocycles. The molecule has 136 valence electrons. The Hall–Kier alpha value is -2.85. The topological polar surface area (TPSA) is 27.7 Å². The first kappa shape index (κ1) is 17.6. The van der Waals surface area contributed by atoms with E-state index in [0.717, 1.165) is 21.6 Å². The molecule has 4 rings (SSSR count). The Morgan fingerprint density at radius 3 is 1.81 bits per heavy atom. The third-order valence-electron chi connectivity index (χ3n) is 4.97. The van der Waals surface area contributed by atoms with E-state index in [1.54, 1.807) is 14.2 Å². The Morgan fingerprint density at radius 2 is 1.30 bits per heavy atom. The largest absolute Gasteiger partial charge is 0.496 e. The first-order valence-corrected chi connectivity index (χ1v) is 9.18. The molecule has 0 aromatic heterocycles. The van der Waals surface area contributed by atoms with Gasteiger partial charge in [-0.25, -0.2) is 0 Å². The van der Waals surface area contributed by atoms with E-state index in [-0.39, 0.29) is 0 Å². The van der Waals surface area contributed by atoms with Crippen LogP contribution in [0.5, 0.6) is 17.2 Å². The first-order chi connectivity index (χ1) is 13.2. The zero-order valence-electron chi connectivity index (χ0n) is 15.3. The van der Waals surface area contributed by atoms with Crippen molar-refractivity contribution in [2.45, 2.75) is 12.0 Å². The van der Waals surface area contributed by atoms with Crippen molar-refractivity contribution >= 4 is 17.1 Å². The normalized spacial score (nSPS) is 14.8.